The van der Waals surface area contributed by atoms with Gasteiger partial charge in [0.15, 0.2) is 0 Å². The van der Waals surface area contributed by atoms with Crippen molar-refractivity contribution in [2.24, 2.45) is 5.92 Å². The summed E-state index contributed by atoms with van der Waals surface area (Å²) in [5.74, 6) is 1.86. The van der Waals surface area contributed by atoms with Gasteiger partial charge in [0.05, 0.1) is 5.69 Å². The number of carboxylic acid groups (broad SMARTS) is 1. The van der Waals surface area contributed by atoms with Gasteiger partial charge in [-0.15, -0.1) is 11.8 Å². The molecule has 0 spiro atoms. The number of thioether (sulfide) groups is 1. The van der Waals surface area contributed by atoms with E-state index < -0.39 is 5.97 Å². The van der Waals surface area contributed by atoms with E-state index in [0.717, 1.165) is 30.8 Å². The minimum absolute atomic E-state index is 0.285. The number of nitrogens with zero attached hydrogens (tertiary/aromatic N) is 2. The third kappa shape index (κ3) is 4.45. The number of carboxylic acids is 1. The van der Waals surface area contributed by atoms with Crippen molar-refractivity contribution >= 4 is 17.7 Å². The monoisotopic (exact) mass is 322 g/mol. The highest BCUT2D eigenvalue weighted by Crippen LogP contribution is 2.33. The van der Waals surface area contributed by atoms with Gasteiger partial charge in [0, 0.05) is 5.92 Å². The number of rotatable bonds is 6. The second kappa shape index (κ2) is 7.95. The van der Waals surface area contributed by atoms with Gasteiger partial charge in [-0.25, -0.2) is 14.8 Å². The highest BCUT2D eigenvalue weighted by molar-refractivity contribution is 7.99. The summed E-state index contributed by atoms with van der Waals surface area (Å²) >= 11 is 1.56. The highest BCUT2D eigenvalue weighted by atomic mass is 32.2. The maximum Gasteiger partial charge on any atom is 0.340 e. The van der Waals surface area contributed by atoms with Gasteiger partial charge in [-0.2, -0.15) is 0 Å². The molecule has 0 amide bonds. The number of carbonyl (C=O) groups is 1. The third-order valence-electron chi connectivity index (χ3n) is 4.19. The van der Waals surface area contributed by atoms with Crippen LogP contribution in [0.1, 0.15) is 80.2 Å². The Hall–Kier alpha value is -1.10. The predicted molar refractivity (Wildman–Crippen MR) is 89.7 cm³/mol. The van der Waals surface area contributed by atoms with Crippen molar-refractivity contribution < 1.29 is 9.90 Å². The van der Waals surface area contributed by atoms with Crippen LogP contribution in [0.4, 0.5) is 0 Å². The summed E-state index contributed by atoms with van der Waals surface area (Å²) in [6, 6.07) is 0. The second-order valence-electron chi connectivity index (χ2n) is 6.52. The van der Waals surface area contributed by atoms with Gasteiger partial charge in [0.1, 0.15) is 16.4 Å². The SMILES string of the molecule is Cc1nc(C2CCCCC2)nc(SCCC(C)C)c1C(=O)O. The molecule has 0 aliphatic heterocycles. The van der Waals surface area contributed by atoms with E-state index in [4.69, 9.17) is 0 Å². The molecule has 4 nitrogen and oxygen atoms in total. The largest absolute Gasteiger partial charge is 0.478 e. The minimum Gasteiger partial charge on any atom is -0.478 e. The van der Waals surface area contributed by atoms with Gasteiger partial charge in [-0.1, -0.05) is 33.1 Å². The quantitative estimate of drug-likeness (QED) is 0.609. The van der Waals surface area contributed by atoms with E-state index in [-0.39, 0.29) is 5.56 Å². The zero-order chi connectivity index (χ0) is 16.1. The summed E-state index contributed by atoms with van der Waals surface area (Å²) in [6.07, 6.45) is 7.06. The van der Waals surface area contributed by atoms with E-state index in [1.165, 1.54) is 19.3 Å². The first kappa shape index (κ1) is 17.3. The van der Waals surface area contributed by atoms with Crippen molar-refractivity contribution in [2.45, 2.75) is 70.2 Å². The van der Waals surface area contributed by atoms with Crippen LogP contribution in [0.3, 0.4) is 0 Å². The van der Waals surface area contributed by atoms with Gasteiger partial charge in [-0.3, -0.25) is 0 Å². The molecule has 1 fully saturated rings. The van der Waals surface area contributed by atoms with Crippen molar-refractivity contribution in [1.29, 1.82) is 0 Å². The molecule has 0 unspecified atom stereocenters. The fraction of sp³-hybridized carbons (Fsp3) is 0.706. The first-order valence-corrected chi connectivity index (χ1v) is 9.22. The summed E-state index contributed by atoms with van der Waals surface area (Å²) in [4.78, 5) is 20.7. The van der Waals surface area contributed by atoms with Crippen LogP contribution in [-0.2, 0) is 0 Å². The van der Waals surface area contributed by atoms with E-state index in [2.05, 4.69) is 23.8 Å². The minimum atomic E-state index is -0.917. The van der Waals surface area contributed by atoms with E-state index in [0.29, 0.717) is 22.6 Å². The van der Waals surface area contributed by atoms with Crippen LogP contribution < -0.4 is 0 Å². The Bertz CT molecular complexity index is 526. The van der Waals surface area contributed by atoms with Crippen molar-refractivity contribution in [1.82, 2.24) is 9.97 Å². The molecule has 5 heteroatoms. The van der Waals surface area contributed by atoms with Crippen LogP contribution >= 0.6 is 11.8 Å². The second-order valence-corrected chi connectivity index (χ2v) is 7.60. The van der Waals surface area contributed by atoms with Crippen LogP contribution in [0, 0.1) is 12.8 Å². The van der Waals surface area contributed by atoms with Crippen molar-refractivity contribution in [3.05, 3.63) is 17.1 Å². The van der Waals surface area contributed by atoms with Gasteiger partial charge in [-0.05, 0) is 37.9 Å². The zero-order valence-electron chi connectivity index (χ0n) is 13.8. The van der Waals surface area contributed by atoms with E-state index >= 15 is 0 Å². The Kier molecular flexibility index (Phi) is 6.24. The Labute approximate surface area is 137 Å². The normalized spacial score (nSPS) is 16.2. The average Bonchev–Trinajstić information content (AvgIpc) is 2.46. The molecule has 1 aromatic rings. The van der Waals surface area contributed by atoms with E-state index in [1.54, 1.807) is 18.7 Å². The van der Waals surface area contributed by atoms with Crippen LogP contribution in [0.5, 0.6) is 0 Å². The van der Waals surface area contributed by atoms with Crippen LogP contribution in [0.25, 0.3) is 0 Å². The van der Waals surface area contributed by atoms with Crippen LogP contribution in [0.15, 0.2) is 5.03 Å². The first-order chi connectivity index (χ1) is 10.5. The number of aryl methyl sites for hydroxylation is 1. The standard InChI is InChI=1S/C17H26N2O2S/c1-11(2)9-10-22-16-14(17(20)21)12(3)18-15(19-16)13-7-5-4-6-8-13/h11,13H,4-10H2,1-3H3,(H,20,21). The number of hydrogen-bond donors (Lipinski definition) is 1. The van der Waals surface area contributed by atoms with Crippen molar-refractivity contribution in [3.63, 3.8) is 0 Å². The molecular formula is C17H26N2O2S. The molecule has 0 radical (unpaired) electrons. The lowest BCUT2D eigenvalue weighted by molar-refractivity contribution is 0.0690. The summed E-state index contributed by atoms with van der Waals surface area (Å²) in [5.41, 5.74) is 0.892. The molecule has 1 heterocycles. The molecule has 1 aliphatic rings. The molecule has 122 valence electrons. The van der Waals surface area contributed by atoms with Crippen molar-refractivity contribution in [3.8, 4) is 0 Å². The fourth-order valence-corrected chi connectivity index (χ4v) is 4.17. The maximum absolute atomic E-state index is 11.5. The summed E-state index contributed by atoms with van der Waals surface area (Å²) in [6.45, 7) is 6.15. The van der Waals surface area contributed by atoms with E-state index in [9.17, 15) is 9.90 Å². The van der Waals surface area contributed by atoms with Crippen LogP contribution in [0.2, 0.25) is 0 Å². The lowest BCUT2D eigenvalue weighted by Crippen LogP contribution is -2.14. The molecule has 1 N–H and O–H groups in total. The topological polar surface area (TPSA) is 63.1 Å². The Morgan fingerprint density at radius 1 is 1.27 bits per heavy atom. The number of aromatic nitrogens is 2. The van der Waals surface area contributed by atoms with Crippen molar-refractivity contribution in [2.75, 3.05) is 5.75 Å². The van der Waals surface area contributed by atoms with Crippen LogP contribution in [-0.4, -0.2) is 26.8 Å². The highest BCUT2D eigenvalue weighted by Gasteiger charge is 2.23. The fourth-order valence-electron chi connectivity index (χ4n) is 2.85. The molecule has 1 aromatic heterocycles. The molecule has 1 aliphatic carbocycles. The van der Waals surface area contributed by atoms with E-state index in [1.807, 2.05) is 0 Å². The molecular weight excluding hydrogens is 296 g/mol. The molecule has 22 heavy (non-hydrogen) atoms. The number of hydrogen-bond acceptors (Lipinski definition) is 4. The first-order valence-electron chi connectivity index (χ1n) is 8.23. The Morgan fingerprint density at radius 3 is 2.55 bits per heavy atom. The zero-order valence-corrected chi connectivity index (χ0v) is 14.6. The predicted octanol–water partition coefficient (Wildman–Crippen LogP) is 4.67. The number of aromatic carboxylic acids is 1. The lowest BCUT2D eigenvalue weighted by Gasteiger charge is -2.21. The molecule has 0 aromatic carbocycles. The van der Waals surface area contributed by atoms with Gasteiger partial charge < -0.3 is 5.11 Å². The molecule has 0 saturated heterocycles. The lowest BCUT2D eigenvalue weighted by atomic mass is 9.88. The molecule has 0 atom stereocenters. The summed E-state index contributed by atoms with van der Waals surface area (Å²) < 4.78 is 0. The van der Waals surface area contributed by atoms with Gasteiger partial charge in [0.2, 0.25) is 0 Å². The van der Waals surface area contributed by atoms with Gasteiger partial charge in [0.25, 0.3) is 0 Å². The molecule has 1 saturated carbocycles. The maximum atomic E-state index is 11.5. The molecule has 2 rings (SSSR count). The smallest absolute Gasteiger partial charge is 0.340 e. The average molecular weight is 322 g/mol. The Morgan fingerprint density at radius 2 is 1.95 bits per heavy atom. The summed E-state index contributed by atoms with van der Waals surface area (Å²) in [7, 11) is 0. The molecule has 0 bridgehead atoms. The Balaban J connectivity index is 2.25. The van der Waals surface area contributed by atoms with Gasteiger partial charge >= 0.3 is 5.97 Å². The third-order valence-corrected chi connectivity index (χ3v) is 5.20. The summed E-state index contributed by atoms with van der Waals surface area (Å²) in [5, 5.41) is 10.1.